The average molecular weight is 381 g/mol. The van der Waals surface area contributed by atoms with E-state index in [1.165, 1.54) is 13.2 Å². The minimum absolute atomic E-state index is 0.0362. The molecule has 0 aliphatic carbocycles. The molecule has 2 N–H and O–H groups in total. The molecule has 0 fully saturated rings. The third kappa shape index (κ3) is 3.32. The van der Waals surface area contributed by atoms with Gasteiger partial charge in [0.2, 0.25) is 10.0 Å². The summed E-state index contributed by atoms with van der Waals surface area (Å²) in [5.41, 5.74) is 0. The highest BCUT2D eigenvalue weighted by Gasteiger charge is 2.22. The van der Waals surface area contributed by atoms with Gasteiger partial charge in [0, 0.05) is 17.4 Å². The molecule has 6 nitrogen and oxygen atoms in total. The molecule has 0 spiro atoms. The Balaban J connectivity index is 2.33. The summed E-state index contributed by atoms with van der Waals surface area (Å²) in [5.74, 6) is 0.704. The van der Waals surface area contributed by atoms with E-state index in [0.29, 0.717) is 10.3 Å². The number of H-pyrrole nitrogens is 1. The smallest absolute Gasteiger partial charge is 0.244 e. The van der Waals surface area contributed by atoms with Gasteiger partial charge in [0.05, 0.1) is 18.1 Å². The van der Waals surface area contributed by atoms with Crippen LogP contribution in [-0.4, -0.2) is 25.5 Å². The highest BCUT2D eigenvalue weighted by Crippen LogP contribution is 2.35. The molecule has 9 heteroatoms. The molecule has 0 atom stereocenters. The van der Waals surface area contributed by atoms with Gasteiger partial charge in [-0.05, 0) is 28.1 Å². The van der Waals surface area contributed by atoms with Crippen LogP contribution in [0.4, 0.5) is 0 Å². The third-order valence-corrected chi connectivity index (χ3v) is 4.67. The molecule has 108 valence electrons. The van der Waals surface area contributed by atoms with Crippen LogP contribution in [0.25, 0.3) is 0 Å². The zero-order chi connectivity index (χ0) is 14.8. The molecule has 0 aliphatic heterocycles. The molecule has 0 saturated carbocycles. The minimum atomic E-state index is -3.77. The van der Waals surface area contributed by atoms with Crippen molar-refractivity contribution in [2.24, 2.45) is 0 Å². The van der Waals surface area contributed by atoms with Crippen molar-refractivity contribution in [2.75, 3.05) is 7.11 Å². The first kappa shape index (κ1) is 15.3. The number of sulfonamides is 1. The van der Waals surface area contributed by atoms with Crippen molar-refractivity contribution in [3.05, 3.63) is 39.8 Å². The summed E-state index contributed by atoms with van der Waals surface area (Å²) in [6, 6.07) is 2.89. The number of hydrogen-bond acceptors (Lipinski definition) is 4. The molecule has 1 aromatic carbocycles. The summed E-state index contributed by atoms with van der Waals surface area (Å²) in [7, 11) is -2.39. The topological polar surface area (TPSA) is 84.1 Å². The molecule has 0 aliphatic rings. The lowest BCUT2D eigenvalue weighted by atomic mass is 10.3. The summed E-state index contributed by atoms with van der Waals surface area (Å²) in [4.78, 5) is 6.71. The average Bonchev–Trinajstić information content (AvgIpc) is 2.89. The number of benzene rings is 1. The lowest BCUT2D eigenvalue weighted by Gasteiger charge is -2.12. The summed E-state index contributed by atoms with van der Waals surface area (Å²) in [6.45, 7) is 0.0443. The number of aromatic nitrogens is 2. The molecule has 1 heterocycles. The molecular weight excluding hydrogens is 370 g/mol. The number of halogens is 2. The Bertz CT molecular complexity index is 704. The van der Waals surface area contributed by atoms with Crippen molar-refractivity contribution in [2.45, 2.75) is 11.4 Å². The number of imidazole rings is 1. The van der Waals surface area contributed by atoms with Gasteiger partial charge in [0.25, 0.3) is 0 Å². The summed E-state index contributed by atoms with van der Waals surface area (Å²) >= 11 is 9.11. The number of aromatic amines is 1. The van der Waals surface area contributed by atoms with Crippen molar-refractivity contribution in [1.82, 2.24) is 14.7 Å². The molecule has 0 saturated heterocycles. The molecule has 0 radical (unpaired) electrons. The van der Waals surface area contributed by atoms with Crippen LogP contribution in [0, 0.1) is 0 Å². The third-order valence-electron chi connectivity index (χ3n) is 2.45. The zero-order valence-electron chi connectivity index (χ0n) is 10.4. The first-order chi connectivity index (χ1) is 9.44. The number of rotatable bonds is 5. The fourth-order valence-corrected chi connectivity index (χ4v) is 3.94. The maximum Gasteiger partial charge on any atom is 0.244 e. The van der Waals surface area contributed by atoms with Crippen molar-refractivity contribution in [3.8, 4) is 5.75 Å². The Kier molecular flexibility index (Phi) is 4.69. The van der Waals surface area contributed by atoms with Crippen LogP contribution in [0.3, 0.4) is 0 Å². The number of hydrogen-bond donors (Lipinski definition) is 2. The van der Waals surface area contributed by atoms with Crippen molar-refractivity contribution in [3.63, 3.8) is 0 Å². The highest BCUT2D eigenvalue weighted by atomic mass is 79.9. The van der Waals surface area contributed by atoms with E-state index in [9.17, 15) is 8.42 Å². The SMILES string of the molecule is COc1c(Br)cc(Cl)cc1S(=O)(=O)NCc1ncc[nH]1. The molecule has 0 bridgehead atoms. The van der Waals surface area contributed by atoms with E-state index in [2.05, 4.69) is 30.6 Å². The van der Waals surface area contributed by atoms with E-state index in [1.54, 1.807) is 18.5 Å². The van der Waals surface area contributed by atoms with Gasteiger partial charge in [-0.25, -0.2) is 18.1 Å². The van der Waals surface area contributed by atoms with Crippen LogP contribution in [0.1, 0.15) is 5.82 Å². The largest absolute Gasteiger partial charge is 0.494 e. The first-order valence-electron chi connectivity index (χ1n) is 5.45. The van der Waals surface area contributed by atoms with Crippen LogP contribution in [0.2, 0.25) is 5.02 Å². The lowest BCUT2D eigenvalue weighted by Crippen LogP contribution is -2.24. The normalized spacial score (nSPS) is 11.6. The minimum Gasteiger partial charge on any atom is -0.494 e. The first-order valence-corrected chi connectivity index (χ1v) is 8.10. The fraction of sp³-hybridized carbons (Fsp3) is 0.182. The number of nitrogens with zero attached hydrogens (tertiary/aromatic N) is 1. The molecule has 2 aromatic rings. The molecular formula is C11H11BrClN3O3S. The second-order valence-corrected chi connectivity index (χ2v) is 6.81. The van der Waals surface area contributed by atoms with Crippen LogP contribution in [-0.2, 0) is 16.6 Å². The van der Waals surface area contributed by atoms with Gasteiger partial charge >= 0.3 is 0 Å². The number of ether oxygens (including phenoxy) is 1. The quantitative estimate of drug-likeness (QED) is 0.834. The van der Waals surface area contributed by atoms with E-state index in [-0.39, 0.29) is 22.2 Å². The molecule has 0 amide bonds. The summed E-state index contributed by atoms with van der Waals surface area (Å²) in [5, 5.41) is 0.288. The van der Waals surface area contributed by atoms with E-state index >= 15 is 0 Å². The van der Waals surface area contributed by atoms with Gasteiger partial charge in [0.1, 0.15) is 10.7 Å². The Labute approximate surface area is 129 Å². The van der Waals surface area contributed by atoms with E-state index in [1.807, 2.05) is 0 Å². The van der Waals surface area contributed by atoms with Crippen LogP contribution in [0.5, 0.6) is 5.75 Å². The summed E-state index contributed by atoms with van der Waals surface area (Å²) < 4.78 is 32.6. The van der Waals surface area contributed by atoms with Crippen LogP contribution < -0.4 is 9.46 Å². The maximum atomic E-state index is 12.3. The van der Waals surface area contributed by atoms with Gasteiger partial charge in [-0.3, -0.25) is 0 Å². The van der Waals surface area contributed by atoms with Gasteiger partial charge in [-0.1, -0.05) is 11.6 Å². The van der Waals surface area contributed by atoms with Crippen LogP contribution in [0.15, 0.2) is 33.9 Å². The zero-order valence-corrected chi connectivity index (χ0v) is 13.5. The predicted octanol–water partition coefficient (Wildman–Crippen LogP) is 2.31. The lowest BCUT2D eigenvalue weighted by molar-refractivity contribution is 0.399. The Morgan fingerprint density at radius 2 is 2.25 bits per heavy atom. The number of methoxy groups -OCH3 is 1. The molecule has 2 rings (SSSR count). The van der Waals surface area contributed by atoms with E-state index < -0.39 is 10.0 Å². The van der Waals surface area contributed by atoms with Gasteiger partial charge in [0.15, 0.2) is 5.75 Å². The van der Waals surface area contributed by atoms with Crippen LogP contribution >= 0.6 is 27.5 Å². The fourth-order valence-electron chi connectivity index (χ4n) is 1.57. The van der Waals surface area contributed by atoms with Gasteiger partial charge in [-0.15, -0.1) is 0 Å². The predicted molar refractivity (Wildman–Crippen MR) is 78.3 cm³/mol. The molecule has 20 heavy (non-hydrogen) atoms. The monoisotopic (exact) mass is 379 g/mol. The number of nitrogens with one attached hydrogen (secondary N) is 2. The molecule has 1 aromatic heterocycles. The Morgan fingerprint density at radius 1 is 1.50 bits per heavy atom. The van der Waals surface area contributed by atoms with Gasteiger partial charge < -0.3 is 9.72 Å². The standard InChI is InChI=1S/C11H11BrClN3O3S/c1-19-11-8(12)4-7(13)5-9(11)20(17,18)16-6-10-14-2-3-15-10/h2-5,16H,6H2,1H3,(H,14,15). The van der Waals surface area contributed by atoms with Crippen molar-refractivity contribution in [1.29, 1.82) is 0 Å². The van der Waals surface area contributed by atoms with Crippen molar-refractivity contribution < 1.29 is 13.2 Å². The van der Waals surface area contributed by atoms with Gasteiger partial charge in [-0.2, -0.15) is 0 Å². The van der Waals surface area contributed by atoms with E-state index in [4.69, 9.17) is 16.3 Å². The Hall–Kier alpha value is -1.09. The summed E-state index contributed by atoms with van der Waals surface area (Å²) in [6.07, 6.45) is 3.15. The second kappa shape index (κ2) is 6.13. The molecule has 0 unspecified atom stereocenters. The van der Waals surface area contributed by atoms with Crippen molar-refractivity contribution >= 4 is 37.6 Å². The Morgan fingerprint density at radius 3 is 2.85 bits per heavy atom. The highest BCUT2D eigenvalue weighted by molar-refractivity contribution is 9.10. The van der Waals surface area contributed by atoms with E-state index in [0.717, 1.165) is 0 Å². The maximum absolute atomic E-state index is 12.3. The second-order valence-electron chi connectivity index (χ2n) is 3.78.